The third-order valence-corrected chi connectivity index (χ3v) is 5.45. The summed E-state index contributed by atoms with van der Waals surface area (Å²) in [5, 5.41) is 3.20. The number of nitrogens with two attached hydrogens (primary N) is 1. The van der Waals surface area contributed by atoms with Crippen LogP contribution >= 0.6 is 0 Å². The molecular weight excluding hydrogens is 388 g/mol. The van der Waals surface area contributed by atoms with Gasteiger partial charge in [0.15, 0.2) is 0 Å². The molecule has 0 saturated heterocycles. The van der Waals surface area contributed by atoms with Gasteiger partial charge in [-0.05, 0) is 24.6 Å². The van der Waals surface area contributed by atoms with Gasteiger partial charge < -0.3 is 25.6 Å². The van der Waals surface area contributed by atoms with Crippen LogP contribution in [0.2, 0.25) is 0 Å². The van der Waals surface area contributed by atoms with E-state index in [-0.39, 0.29) is 6.10 Å². The monoisotopic (exact) mass is 418 g/mol. The Balaban J connectivity index is 1.54. The van der Waals surface area contributed by atoms with Crippen molar-refractivity contribution in [1.29, 1.82) is 0 Å². The van der Waals surface area contributed by atoms with E-state index in [0.717, 1.165) is 54.6 Å². The molecule has 1 aliphatic rings. The Morgan fingerprint density at radius 1 is 1.13 bits per heavy atom. The van der Waals surface area contributed by atoms with Crippen LogP contribution in [0.4, 0.5) is 17.5 Å². The van der Waals surface area contributed by atoms with Gasteiger partial charge in [-0.1, -0.05) is 36.4 Å². The van der Waals surface area contributed by atoms with Crippen LogP contribution in [0.25, 0.3) is 0 Å². The highest BCUT2D eigenvalue weighted by atomic mass is 16.5. The average Bonchev–Trinajstić information content (AvgIpc) is 2.97. The lowest BCUT2D eigenvalue weighted by atomic mass is 10.1. The molecule has 3 N–H and O–H groups in total. The molecule has 0 amide bonds. The van der Waals surface area contributed by atoms with Gasteiger partial charge in [-0.15, -0.1) is 0 Å². The normalized spacial score (nSPS) is 14.5. The quantitative estimate of drug-likeness (QED) is 0.608. The van der Waals surface area contributed by atoms with Crippen LogP contribution in [0.5, 0.6) is 5.75 Å². The highest BCUT2D eigenvalue weighted by molar-refractivity contribution is 5.57. The zero-order valence-electron chi connectivity index (χ0n) is 18.2. The predicted molar refractivity (Wildman–Crippen MR) is 126 cm³/mol. The van der Waals surface area contributed by atoms with Gasteiger partial charge in [0.05, 0.1) is 0 Å². The largest absolute Gasteiger partial charge is 0.484 e. The molecule has 4 rings (SSSR count). The number of anilines is 3. The number of hydrogen-bond donors (Lipinski definition) is 2. The molecule has 31 heavy (non-hydrogen) atoms. The summed E-state index contributed by atoms with van der Waals surface area (Å²) in [5.74, 6) is 2.46. The Hall–Kier alpha value is -3.32. The smallest absolute Gasteiger partial charge is 0.224 e. The molecule has 1 aromatic heterocycles. The molecule has 0 radical (unpaired) electrons. The molecule has 1 unspecified atom stereocenters. The summed E-state index contributed by atoms with van der Waals surface area (Å²) in [5.41, 5.74) is 9.29. The van der Waals surface area contributed by atoms with Crippen molar-refractivity contribution in [2.75, 3.05) is 48.3 Å². The fourth-order valence-electron chi connectivity index (χ4n) is 3.80. The second-order valence-corrected chi connectivity index (χ2v) is 7.67. The fourth-order valence-corrected chi connectivity index (χ4v) is 3.80. The van der Waals surface area contributed by atoms with Crippen molar-refractivity contribution in [3.8, 4) is 5.75 Å². The van der Waals surface area contributed by atoms with Crippen LogP contribution < -0.4 is 25.6 Å². The first-order chi connectivity index (χ1) is 15.2. The number of rotatable bonds is 7. The topological polar surface area (TPSA) is 79.5 Å². The first-order valence-corrected chi connectivity index (χ1v) is 10.8. The van der Waals surface area contributed by atoms with E-state index in [1.807, 2.05) is 55.6 Å². The van der Waals surface area contributed by atoms with Crippen molar-refractivity contribution < 1.29 is 4.74 Å². The van der Waals surface area contributed by atoms with E-state index < -0.39 is 0 Å². The molecule has 0 aliphatic carbocycles. The van der Waals surface area contributed by atoms with Crippen molar-refractivity contribution in [2.45, 2.75) is 19.6 Å². The summed E-state index contributed by atoms with van der Waals surface area (Å²) < 4.78 is 6.25. The Morgan fingerprint density at radius 3 is 2.74 bits per heavy atom. The summed E-state index contributed by atoms with van der Waals surface area (Å²) in [6, 6.07) is 18.3. The maximum atomic E-state index is 6.25. The van der Waals surface area contributed by atoms with Crippen molar-refractivity contribution in [3.05, 3.63) is 71.9 Å². The van der Waals surface area contributed by atoms with Crippen LogP contribution in [0.15, 0.2) is 60.8 Å². The molecule has 7 heteroatoms. The van der Waals surface area contributed by atoms with Crippen LogP contribution in [-0.4, -0.2) is 43.2 Å². The summed E-state index contributed by atoms with van der Waals surface area (Å²) in [6.07, 6.45) is 1.75. The van der Waals surface area contributed by atoms with E-state index in [2.05, 4.69) is 39.3 Å². The molecule has 2 aromatic carbocycles. The van der Waals surface area contributed by atoms with Gasteiger partial charge in [-0.25, -0.2) is 4.98 Å². The highest BCUT2D eigenvalue weighted by Crippen LogP contribution is 2.30. The zero-order chi connectivity index (χ0) is 21.6. The highest BCUT2D eigenvalue weighted by Gasteiger charge is 2.21. The predicted octanol–water partition coefficient (Wildman–Crippen LogP) is 3.44. The van der Waals surface area contributed by atoms with Gasteiger partial charge in [-0.3, -0.25) is 0 Å². The van der Waals surface area contributed by atoms with Gasteiger partial charge in [-0.2, -0.15) is 4.98 Å². The Bertz CT molecular complexity index is 996. The number of fused-ring (bicyclic) bond motifs is 1. The van der Waals surface area contributed by atoms with Gasteiger partial charge in [0.1, 0.15) is 17.7 Å². The van der Waals surface area contributed by atoms with E-state index in [9.17, 15) is 0 Å². The van der Waals surface area contributed by atoms with Crippen LogP contribution in [0, 0.1) is 0 Å². The summed E-state index contributed by atoms with van der Waals surface area (Å²) in [7, 11) is 2.08. The second-order valence-electron chi connectivity index (χ2n) is 7.67. The SMILES string of the molecule is CCNc1ncc2c(n1)N(C)CCN(c1cccc(OC(CN)c3ccccc3)c1)C2. The Labute approximate surface area is 183 Å². The number of likely N-dealkylation sites (N-methyl/N-ethyl adjacent to an activating group) is 1. The first kappa shape index (κ1) is 20.9. The van der Waals surface area contributed by atoms with Crippen molar-refractivity contribution in [2.24, 2.45) is 5.73 Å². The van der Waals surface area contributed by atoms with Crippen LogP contribution in [0.1, 0.15) is 24.2 Å². The number of nitrogens with one attached hydrogen (secondary N) is 1. The van der Waals surface area contributed by atoms with Crippen molar-refractivity contribution >= 4 is 17.5 Å². The Kier molecular flexibility index (Phi) is 6.52. The lowest BCUT2D eigenvalue weighted by molar-refractivity contribution is 0.214. The molecule has 2 heterocycles. The Morgan fingerprint density at radius 2 is 1.97 bits per heavy atom. The molecular formula is C24H30N6O. The van der Waals surface area contributed by atoms with Gasteiger partial charge in [0, 0.05) is 63.3 Å². The average molecular weight is 419 g/mol. The minimum atomic E-state index is -0.176. The number of ether oxygens (including phenoxy) is 1. The second kappa shape index (κ2) is 9.66. The van der Waals surface area contributed by atoms with E-state index >= 15 is 0 Å². The maximum absolute atomic E-state index is 6.25. The van der Waals surface area contributed by atoms with Crippen LogP contribution in [-0.2, 0) is 6.54 Å². The van der Waals surface area contributed by atoms with Gasteiger partial charge >= 0.3 is 0 Å². The lowest BCUT2D eigenvalue weighted by Gasteiger charge is -2.24. The third-order valence-electron chi connectivity index (χ3n) is 5.45. The van der Waals surface area contributed by atoms with Gasteiger partial charge in [0.2, 0.25) is 5.95 Å². The third kappa shape index (κ3) is 4.88. The molecule has 0 bridgehead atoms. The summed E-state index contributed by atoms with van der Waals surface area (Å²) >= 11 is 0. The molecule has 0 saturated carbocycles. The summed E-state index contributed by atoms with van der Waals surface area (Å²) in [6.45, 7) is 5.76. The van der Waals surface area contributed by atoms with Crippen molar-refractivity contribution in [3.63, 3.8) is 0 Å². The van der Waals surface area contributed by atoms with Gasteiger partial charge in [0.25, 0.3) is 0 Å². The molecule has 3 aromatic rings. The molecule has 1 atom stereocenters. The minimum Gasteiger partial charge on any atom is -0.484 e. The van der Waals surface area contributed by atoms with E-state index in [1.165, 1.54) is 0 Å². The maximum Gasteiger partial charge on any atom is 0.224 e. The number of aromatic nitrogens is 2. The summed E-state index contributed by atoms with van der Waals surface area (Å²) in [4.78, 5) is 13.7. The lowest BCUT2D eigenvalue weighted by Crippen LogP contribution is -2.29. The fraction of sp³-hybridized carbons (Fsp3) is 0.333. The molecule has 162 valence electrons. The van der Waals surface area contributed by atoms with E-state index in [4.69, 9.17) is 15.5 Å². The zero-order valence-corrected chi connectivity index (χ0v) is 18.2. The van der Waals surface area contributed by atoms with Crippen molar-refractivity contribution in [1.82, 2.24) is 9.97 Å². The minimum absolute atomic E-state index is 0.176. The number of nitrogens with zero attached hydrogens (tertiary/aromatic N) is 4. The molecule has 7 nitrogen and oxygen atoms in total. The number of benzene rings is 2. The van der Waals surface area contributed by atoms with E-state index in [1.54, 1.807) is 0 Å². The molecule has 1 aliphatic heterocycles. The standard InChI is InChI=1S/C24H30N6O/c1-3-26-24-27-16-19-17-30(13-12-29(2)23(19)28-24)20-10-7-11-21(14-20)31-22(15-25)18-8-5-4-6-9-18/h4-11,14,16,22H,3,12-13,15,17,25H2,1-2H3,(H,26,27,28). The van der Waals surface area contributed by atoms with Crippen LogP contribution in [0.3, 0.4) is 0 Å². The first-order valence-electron chi connectivity index (χ1n) is 10.8. The molecule has 0 spiro atoms. The van der Waals surface area contributed by atoms with E-state index in [0.29, 0.717) is 12.5 Å². The number of hydrogen-bond acceptors (Lipinski definition) is 7. The molecule has 0 fully saturated rings.